The molecule has 1 rings (SSSR count). The van der Waals surface area contributed by atoms with Crippen LogP contribution in [0, 0.1) is 17.1 Å². The fraction of sp³-hybridized carbons (Fsp3) is 0.767. The zero-order valence-electron chi connectivity index (χ0n) is 22.5. The van der Waals surface area contributed by atoms with E-state index in [9.17, 15) is 9.50 Å². The van der Waals surface area contributed by atoms with Gasteiger partial charge in [-0.1, -0.05) is 103 Å². The van der Waals surface area contributed by atoms with Gasteiger partial charge in [-0.2, -0.15) is 5.26 Å². The topological polar surface area (TPSA) is 62.5 Å². The highest BCUT2D eigenvalue weighted by atomic mass is 19.1. The van der Waals surface area contributed by atoms with Crippen LogP contribution in [0.4, 0.5) is 4.39 Å². The highest BCUT2D eigenvalue weighted by molar-refractivity contribution is 5.33. The van der Waals surface area contributed by atoms with Crippen LogP contribution in [-0.2, 0) is 16.1 Å². The van der Waals surface area contributed by atoms with E-state index in [2.05, 4.69) is 6.92 Å². The molecule has 0 aliphatic carbocycles. The van der Waals surface area contributed by atoms with Crippen LogP contribution in [0.15, 0.2) is 18.2 Å². The van der Waals surface area contributed by atoms with Crippen LogP contribution >= 0.6 is 0 Å². The van der Waals surface area contributed by atoms with Gasteiger partial charge in [-0.25, -0.2) is 4.39 Å². The molecule has 0 heterocycles. The van der Waals surface area contributed by atoms with E-state index in [1.807, 2.05) is 6.07 Å². The normalized spacial score (nSPS) is 13.0. The van der Waals surface area contributed by atoms with E-state index in [0.717, 1.165) is 12.8 Å². The van der Waals surface area contributed by atoms with E-state index in [1.165, 1.54) is 102 Å². The number of hydrogen-bond acceptors (Lipinski definition) is 4. The fourth-order valence-electron chi connectivity index (χ4n) is 4.23. The molecule has 5 heteroatoms. The van der Waals surface area contributed by atoms with Crippen LogP contribution in [0.25, 0.3) is 0 Å². The van der Waals surface area contributed by atoms with Crippen molar-refractivity contribution < 1.29 is 19.0 Å². The van der Waals surface area contributed by atoms with Gasteiger partial charge in [0.1, 0.15) is 11.4 Å². The Hall–Kier alpha value is -1.48. The molecule has 1 aromatic carbocycles. The highest BCUT2D eigenvalue weighted by Gasteiger charge is 2.25. The minimum atomic E-state index is -0.853. The number of unbranched alkanes of at least 4 members (excludes halogenated alkanes) is 15. The molecule has 1 aromatic rings. The Morgan fingerprint density at radius 1 is 0.829 bits per heavy atom. The monoisotopic (exact) mass is 491 g/mol. The summed E-state index contributed by atoms with van der Waals surface area (Å²) >= 11 is 0. The molecule has 200 valence electrons. The summed E-state index contributed by atoms with van der Waals surface area (Å²) in [6, 6.07) is 6.07. The van der Waals surface area contributed by atoms with Crippen molar-refractivity contribution in [2.45, 2.75) is 129 Å². The quantitative estimate of drug-likeness (QED) is 0.157. The first kappa shape index (κ1) is 31.5. The second kappa shape index (κ2) is 20.7. The number of aliphatic hydroxyl groups is 1. The average molecular weight is 492 g/mol. The molecule has 0 fully saturated rings. The summed E-state index contributed by atoms with van der Waals surface area (Å²) in [5.74, 6) is -0.465. The first-order valence-corrected chi connectivity index (χ1v) is 14.0. The van der Waals surface area contributed by atoms with E-state index in [0.29, 0.717) is 12.2 Å². The Morgan fingerprint density at radius 3 is 1.83 bits per heavy atom. The number of nitriles is 1. The maximum Gasteiger partial charge on any atom is 0.124 e. The number of benzene rings is 1. The summed E-state index contributed by atoms with van der Waals surface area (Å²) in [6.07, 6.45) is 21.4. The molecule has 0 aromatic heterocycles. The van der Waals surface area contributed by atoms with Crippen LogP contribution in [0.5, 0.6) is 0 Å². The lowest BCUT2D eigenvalue weighted by Crippen LogP contribution is -2.38. The zero-order valence-corrected chi connectivity index (χ0v) is 22.5. The summed E-state index contributed by atoms with van der Waals surface area (Å²) < 4.78 is 25.1. The van der Waals surface area contributed by atoms with Crippen LogP contribution in [0.3, 0.4) is 0 Å². The van der Waals surface area contributed by atoms with Crippen LogP contribution in [0.1, 0.15) is 128 Å². The molecule has 1 atom stereocenters. The fourth-order valence-corrected chi connectivity index (χ4v) is 4.23. The molecule has 35 heavy (non-hydrogen) atoms. The maximum atomic E-state index is 13.6. The van der Waals surface area contributed by atoms with E-state index in [4.69, 9.17) is 14.7 Å². The number of hydrogen-bond donors (Lipinski definition) is 1. The smallest absolute Gasteiger partial charge is 0.124 e. The van der Waals surface area contributed by atoms with Crippen molar-refractivity contribution in [2.75, 3.05) is 19.8 Å². The summed E-state index contributed by atoms with van der Waals surface area (Å²) in [5.41, 5.74) is -0.0261. The summed E-state index contributed by atoms with van der Waals surface area (Å²) in [5, 5.41) is 18.7. The molecule has 0 aliphatic heterocycles. The van der Waals surface area contributed by atoms with Gasteiger partial charge in [0.05, 0.1) is 31.5 Å². The molecule has 4 nitrogen and oxygen atoms in total. The predicted molar refractivity (Wildman–Crippen MR) is 142 cm³/mol. The van der Waals surface area contributed by atoms with Gasteiger partial charge in [-0.05, 0) is 37.1 Å². The van der Waals surface area contributed by atoms with Crippen molar-refractivity contribution in [3.63, 3.8) is 0 Å². The van der Waals surface area contributed by atoms with Crippen molar-refractivity contribution >= 4 is 0 Å². The number of halogens is 1. The lowest BCUT2D eigenvalue weighted by Gasteiger charge is -2.27. The van der Waals surface area contributed by atoms with Gasteiger partial charge in [0.15, 0.2) is 0 Å². The maximum absolute atomic E-state index is 13.6. The SMILES string of the molecule is CCCCCCCCCCCCCCCCCCOCC(C)(CO)OCc1cc(F)cc(C#N)c1. The third-order valence-electron chi connectivity index (χ3n) is 6.56. The Kier molecular flexibility index (Phi) is 18.6. The summed E-state index contributed by atoms with van der Waals surface area (Å²) in [6.45, 7) is 4.91. The van der Waals surface area contributed by atoms with Gasteiger partial charge in [-0.15, -0.1) is 0 Å². The van der Waals surface area contributed by atoms with Gasteiger partial charge in [0.25, 0.3) is 0 Å². The Labute approximate surface area is 214 Å². The molecule has 0 bridgehead atoms. The third kappa shape index (κ3) is 16.8. The second-order valence-corrected chi connectivity index (χ2v) is 10.2. The van der Waals surface area contributed by atoms with Crippen LogP contribution in [-0.4, -0.2) is 30.5 Å². The molecule has 0 radical (unpaired) electrons. The predicted octanol–water partition coefficient (Wildman–Crippen LogP) is 8.24. The van der Waals surface area contributed by atoms with E-state index in [1.54, 1.807) is 13.0 Å². The standard InChI is InChI=1S/C30H50FNO3/c1-3-4-5-6-7-8-9-10-11-12-13-14-15-16-17-18-19-34-26-30(2,25-33)35-24-28-20-27(23-32)21-29(31)22-28/h20-22,33H,3-19,24-26H2,1-2H3. The molecular formula is C30H50FNO3. The minimum absolute atomic E-state index is 0.117. The number of rotatable bonds is 23. The molecule has 0 amide bonds. The van der Waals surface area contributed by atoms with Crippen molar-refractivity contribution in [3.8, 4) is 6.07 Å². The number of aliphatic hydroxyl groups excluding tert-OH is 1. The summed E-state index contributed by atoms with van der Waals surface area (Å²) in [4.78, 5) is 0. The van der Waals surface area contributed by atoms with Gasteiger partial charge in [-0.3, -0.25) is 0 Å². The second-order valence-electron chi connectivity index (χ2n) is 10.2. The highest BCUT2D eigenvalue weighted by Crippen LogP contribution is 2.17. The lowest BCUT2D eigenvalue weighted by molar-refractivity contribution is -0.120. The van der Waals surface area contributed by atoms with Crippen molar-refractivity contribution in [1.82, 2.24) is 0 Å². The Balaban J connectivity index is 1.97. The molecular weight excluding hydrogens is 441 g/mol. The van der Waals surface area contributed by atoms with Gasteiger partial charge in [0, 0.05) is 6.61 Å². The molecule has 0 saturated heterocycles. The van der Waals surface area contributed by atoms with Crippen LogP contribution in [0.2, 0.25) is 0 Å². The Morgan fingerprint density at radius 2 is 1.34 bits per heavy atom. The summed E-state index contributed by atoms with van der Waals surface area (Å²) in [7, 11) is 0. The molecule has 1 N–H and O–H groups in total. The first-order valence-electron chi connectivity index (χ1n) is 14.0. The molecule has 1 unspecified atom stereocenters. The number of nitrogens with zero attached hydrogens (tertiary/aromatic N) is 1. The Bertz CT molecular complexity index is 691. The number of ether oxygens (including phenoxy) is 2. The van der Waals surface area contributed by atoms with E-state index < -0.39 is 11.4 Å². The zero-order chi connectivity index (χ0) is 25.6. The lowest BCUT2D eigenvalue weighted by atomic mass is 10.0. The van der Waals surface area contributed by atoms with Crippen molar-refractivity contribution in [3.05, 3.63) is 35.1 Å². The molecule has 0 aliphatic rings. The van der Waals surface area contributed by atoms with Gasteiger partial charge >= 0.3 is 0 Å². The van der Waals surface area contributed by atoms with Gasteiger partial charge < -0.3 is 14.6 Å². The van der Waals surface area contributed by atoms with Crippen molar-refractivity contribution in [2.24, 2.45) is 0 Å². The first-order chi connectivity index (χ1) is 17.0. The van der Waals surface area contributed by atoms with E-state index >= 15 is 0 Å². The minimum Gasteiger partial charge on any atom is -0.393 e. The molecule has 0 saturated carbocycles. The third-order valence-corrected chi connectivity index (χ3v) is 6.56. The van der Waals surface area contributed by atoms with Gasteiger partial charge in [0.2, 0.25) is 0 Å². The van der Waals surface area contributed by atoms with Crippen molar-refractivity contribution in [1.29, 1.82) is 5.26 Å². The molecule has 0 spiro atoms. The largest absolute Gasteiger partial charge is 0.393 e. The van der Waals surface area contributed by atoms with E-state index in [-0.39, 0.29) is 25.4 Å². The average Bonchev–Trinajstić information content (AvgIpc) is 2.86. The van der Waals surface area contributed by atoms with Crippen LogP contribution < -0.4 is 0 Å².